The summed E-state index contributed by atoms with van der Waals surface area (Å²) in [5.74, 6) is 1.59. The molecule has 0 aliphatic carbocycles. The summed E-state index contributed by atoms with van der Waals surface area (Å²) in [5, 5.41) is 3.57. The van der Waals surface area contributed by atoms with Crippen molar-refractivity contribution in [3.63, 3.8) is 0 Å². The maximum Gasteiger partial charge on any atom is 0.433 e. The van der Waals surface area contributed by atoms with E-state index >= 15 is 0 Å². The van der Waals surface area contributed by atoms with E-state index < -0.39 is 11.9 Å². The zero-order valence-corrected chi connectivity index (χ0v) is 19.5. The van der Waals surface area contributed by atoms with E-state index in [9.17, 15) is 13.2 Å². The summed E-state index contributed by atoms with van der Waals surface area (Å²) in [6, 6.07) is 4.11. The van der Waals surface area contributed by atoms with Crippen LogP contribution in [0.25, 0.3) is 10.9 Å². The van der Waals surface area contributed by atoms with Gasteiger partial charge in [0.2, 0.25) is 0 Å². The quantitative estimate of drug-likeness (QED) is 0.469. The summed E-state index contributed by atoms with van der Waals surface area (Å²) in [7, 11) is 3.14. The molecule has 3 aromatic rings. The predicted octanol–water partition coefficient (Wildman–Crippen LogP) is 4.00. The maximum absolute atomic E-state index is 13.1. The fourth-order valence-electron chi connectivity index (χ4n) is 3.27. The SMILES string of the molecule is COc1cc2nc(C)nc(NCc3nc(N)cc(C(F)(F)F)n3)c2cc1OCC(OC)C(C)C. The molecule has 34 heavy (non-hydrogen) atoms. The van der Waals surface area contributed by atoms with Crippen molar-refractivity contribution in [2.45, 2.75) is 39.6 Å². The number of benzene rings is 1. The van der Waals surface area contributed by atoms with Crippen LogP contribution in [0.2, 0.25) is 0 Å². The van der Waals surface area contributed by atoms with Gasteiger partial charge in [0, 0.05) is 24.6 Å². The molecule has 0 spiro atoms. The van der Waals surface area contributed by atoms with Gasteiger partial charge < -0.3 is 25.3 Å². The molecule has 0 saturated carbocycles. The Labute approximate surface area is 194 Å². The van der Waals surface area contributed by atoms with E-state index in [1.54, 1.807) is 26.2 Å². The summed E-state index contributed by atoms with van der Waals surface area (Å²) < 4.78 is 56.1. The van der Waals surface area contributed by atoms with Gasteiger partial charge in [0.15, 0.2) is 11.5 Å². The highest BCUT2D eigenvalue weighted by Crippen LogP contribution is 2.35. The number of hydrogen-bond acceptors (Lipinski definition) is 9. The van der Waals surface area contributed by atoms with Crippen LogP contribution in [0.15, 0.2) is 18.2 Å². The first-order valence-corrected chi connectivity index (χ1v) is 10.5. The maximum atomic E-state index is 13.1. The van der Waals surface area contributed by atoms with Gasteiger partial charge in [-0.25, -0.2) is 19.9 Å². The number of fused-ring (bicyclic) bond motifs is 1. The number of nitrogen functional groups attached to an aromatic ring is 1. The molecule has 3 rings (SSSR count). The normalized spacial score (nSPS) is 12.7. The average Bonchev–Trinajstić information content (AvgIpc) is 2.76. The van der Waals surface area contributed by atoms with Gasteiger partial charge in [-0.3, -0.25) is 0 Å². The highest BCUT2D eigenvalue weighted by molar-refractivity contribution is 5.91. The Morgan fingerprint density at radius 3 is 2.38 bits per heavy atom. The molecule has 1 aromatic carbocycles. The third kappa shape index (κ3) is 5.93. The van der Waals surface area contributed by atoms with Crippen molar-refractivity contribution in [2.24, 2.45) is 5.92 Å². The first-order chi connectivity index (χ1) is 16.0. The Hall–Kier alpha value is -3.41. The fourth-order valence-corrected chi connectivity index (χ4v) is 3.27. The number of rotatable bonds is 9. The summed E-state index contributed by atoms with van der Waals surface area (Å²) >= 11 is 0. The number of nitrogens with one attached hydrogen (secondary N) is 1. The number of nitrogens with zero attached hydrogens (tertiary/aromatic N) is 4. The molecule has 0 fully saturated rings. The average molecular weight is 480 g/mol. The standard InChI is InChI=1S/C22H27F3N6O3/c1-11(2)17(33-5)10-34-16-6-13-14(7-15(16)32-4)28-12(3)29-21(13)27-9-20-30-18(22(23,24)25)8-19(26)31-20/h6-8,11,17H,9-10H2,1-5H3,(H2,26,30,31)(H,27,28,29). The largest absolute Gasteiger partial charge is 0.493 e. The second-order valence-corrected chi connectivity index (χ2v) is 7.91. The lowest BCUT2D eigenvalue weighted by Gasteiger charge is -2.21. The van der Waals surface area contributed by atoms with Crippen LogP contribution in [0.1, 0.15) is 31.2 Å². The number of alkyl halides is 3. The van der Waals surface area contributed by atoms with Gasteiger partial charge in [0.05, 0.1) is 25.3 Å². The molecule has 3 N–H and O–H groups in total. The number of methoxy groups -OCH3 is 2. The number of aryl methyl sites for hydroxylation is 1. The van der Waals surface area contributed by atoms with E-state index in [-0.39, 0.29) is 30.2 Å². The minimum absolute atomic E-state index is 0.124. The summed E-state index contributed by atoms with van der Waals surface area (Å²) in [5.41, 5.74) is 4.99. The van der Waals surface area contributed by atoms with E-state index in [0.29, 0.717) is 46.7 Å². The number of halogens is 3. The number of aromatic nitrogens is 4. The molecule has 2 heterocycles. The lowest BCUT2D eigenvalue weighted by Crippen LogP contribution is -2.26. The van der Waals surface area contributed by atoms with Gasteiger partial charge in [-0.2, -0.15) is 13.2 Å². The van der Waals surface area contributed by atoms with Crippen molar-refractivity contribution < 1.29 is 27.4 Å². The van der Waals surface area contributed by atoms with Crippen LogP contribution in [-0.4, -0.2) is 46.9 Å². The molecule has 0 aliphatic heterocycles. The highest BCUT2D eigenvalue weighted by atomic mass is 19.4. The van der Waals surface area contributed by atoms with Gasteiger partial charge in [-0.15, -0.1) is 0 Å². The van der Waals surface area contributed by atoms with Crippen LogP contribution in [0.3, 0.4) is 0 Å². The zero-order valence-electron chi connectivity index (χ0n) is 19.5. The van der Waals surface area contributed by atoms with Crippen LogP contribution >= 0.6 is 0 Å². The topological polar surface area (TPSA) is 117 Å². The van der Waals surface area contributed by atoms with Crippen molar-refractivity contribution in [2.75, 3.05) is 31.9 Å². The van der Waals surface area contributed by atoms with Crippen LogP contribution in [0.5, 0.6) is 11.5 Å². The molecular formula is C22H27F3N6O3. The minimum Gasteiger partial charge on any atom is -0.493 e. The Bertz CT molecular complexity index is 1160. The van der Waals surface area contributed by atoms with Crippen LogP contribution in [-0.2, 0) is 17.5 Å². The number of hydrogen-bond donors (Lipinski definition) is 2. The van der Waals surface area contributed by atoms with Crippen molar-refractivity contribution in [1.82, 2.24) is 19.9 Å². The highest BCUT2D eigenvalue weighted by Gasteiger charge is 2.33. The van der Waals surface area contributed by atoms with Crippen molar-refractivity contribution in [3.8, 4) is 11.5 Å². The van der Waals surface area contributed by atoms with E-state index in [1.807, 2.05) is 13.8 Å². The molecule has 0 radical (unpaired) electrons. The molecule has 0 saturated heterocycles. The predicted molar refractivity (Wildman–Crippen MR) is 121 cm³/mol. The second-order valence-electron chi connectivity index (χ2n) is 7.91. The van der Waals surface area contributed by atoms with Crippen LogP contribution < -0.4 is 20.5 Å². The van der Waals surface area contributed by atoms with Crippen molar-refractivity contribution in [1.29, 1.82) is 0 Å². The van der Waals surface area contributed by atoms with Gasteiger partial charge >= 0.3 is 6.18 Å². The third-order valence-corrected chi connectivity index (χ3v) is 5.04. The van der Waals surface area contributed by atoms with E-state index in [1.165, 1.54) is 7.11 Å². The molecule has 0 bridgehead atoms. The van der Waals surface area contributed by atoms with Crippen LogP contribution in [0, 0.1) is 12.8 Å². The number of nitrogens with two attached hydrogens (primary N) is 1. The number of ether oxygens (including phenoxy) is 3. The zero-order chi connectivity index (χ0) is 25.0. The number of anilines is 2. The van der Waals surface area contributed by atoms with E-state index in [4.69, 9.17) is 19.9 Å². The smallest absolute Gasteiger partial charge is 0.433 e. The molecule has 12 heteroatoms. The Kier molecular flexibility index (Phi) is 7.60. The Morgan fingerprint density at radius 2 is 1.76 bits per heavy atom. The van der Waals surface area contributed by atoms with Gasteiger partial charge in [-0.05, 0) is 18.9 Å². The Balaban J connectivity index is 1.94. The van der Waals surface area contributed by atoms with Gasteiger partial charge in [-0.1, -0.05) is 13.8 Å². The Morgan fingerprint density at radius 1 is 1.03 bits per heavy atom. The minimum atomic E-state index is -4.64. The lowest BCUT2D eigenvalue weighted by molar-refractivity contribution is -0.141. The first-order valence-electron chi connectivity index (χ1n) is 10.5. The van der Waals surface area contributed by atoms with Crippen LogP contribution in [0.4, 0.5) is 24.8 Å². The second kappa shape index (κ2) is 10.2. The molecule has 1 unspecified atom stereocenters. The molecular weight excluding hydrogens is 453 g/mol. The fraction of sp³-hybridized carbons (Fsp3) is 0.455. The van der Waals surface area contributed by atoms with E-state index in [2.05, 4.69) is 25.3 Å². The first kappa shape index (κ1) is 25.2. The summed E-state index contributed by atoms with van der Waals surface area (Å²) in [6.07, 6.45) is -4.76. The lowest BCUT2D eigenvalue weighted by atomic mass is 10.1. The van der Waals surface area contributed by atoms with Crippen molar-refractivity contribution >= 4 is 22.5 Å². The molecule has 1 atom stereocenters. The summed E-state index contributed by atoms with van der Waals surface area (Å²) in [4.78, 5) is 16.3. The third-order valence-electron chi connectivity index (χ3n) is 5.04. The molecule has 0 aliphatic rings. The van der Waals surface area contributed by atoms with Crippen molar-refractivity contribution in [3.05, 3.63) is 35.5 Å². The van der Waals surface area contributed by atoms with Gasteiger partial charge in [0.25, 0.3) is 0 Å². The molecule has 184 valence electrons. The molecule has 2 aromatic heterocycles. The molecule has 9 nitrogen and oxygen atoms in total. The molecule has 0 amide bonds. The monoisotopic (exact) mass is 480 g/mol. The van der Waals surface area contributed by atoms with E-state index in [0.717, 1.165) is 0 Å². The van der Waals surface area contributed by atoms with Gasteiger partial charge in [0.1, 0.15) is 35.6 Å². The summed E-state index contributed by atoms with van der Waals surface area (Å²) in [6.45, 7) is 5.91.